The van der Waals surface area contributed by atoms with E-state index in [-0.39, 0.29) is 25.5 Å². The smallest absolute Gasteiger partial charge is 0.311 e. The van der Waals surface area contributed by atoms with Crippen molar-refractivity contribution in [1.29, 1.82) is 0 Å². The first kappa shape index (κ1) is 15.5. The van der Waals surface area contributed by atoms with Crippen LogP contribution in [0.3, 0.4) is 0 Å². The quantitative estimate of drug-likeness (QED) is 0.830. The van der Waals surface area contributed by atoms with Gasteiger partial charge in [0.05, 0.1) is 19.3 Å². The Morgan fingerprint density at radius 3 is 2.67 bits per heavy atom. The molecule has 1 fully saturated rings. The zero-order valence-electron chi connectivity index (χ0n) is 11.9. The zero-order chi connectivity index (χ0) is 15.4. The summed E-state index contributed by atoms with van der Waals surface area (Å²) < 4.78 is 5.19. The molecule has 1 aromatic rings. The lowest BCUT2D eigenvalue weighted by Crippen LogP contribution is -2.44. The molecule has 6 heteroatoms. The van der Waals surface area contributed by atoms with Crippen molar-refractivity contribution >= 4 is 11.9 Å². The SMILES string of the molecule is CN(C(=O)CC(N)c1ccccc1)C1COCC1C(=O)O. The van der Waals surface area contributed by atoms with E-state index in [4.69, 9.17) is 15.6 Å². The summed E-state index contributed by atoms with van der Waals surface area (Å²) in [7, 11) is 1.61. The van der Waals surface area contributed by atoms with Crippen LogP contribution in [0.4, 0.5) is 0 Å². The Kier molecular flexibility index (Phi) is 4.93. The molecule has 1 heterocycles. The molecule has 3 atom stereocenters. The lowest BCUT2D eigenvalue weighted by Gasteiger charge is -2.27. The first-order valence-corrected chi connectivity index (χ1v) is 6.87. The van der Waals surface area contributed by atoms with Crippen LogP contribution in [0.1, 0.15) is 18.0 Å². The van der Waals surface area contributed by atoms with Gasteiger partial charge in [0.2, 0.25) is 5.91 Å². The van der Waals surface area contributed by atoms with Crippen LogP contribution in [0.25, 0.3) is 0 Å². The standard InChI is InChI=1S/C15H20N2O4/c1-17(13-9-21-8-11(13)15(19)20)14(18)7-12(16)10-5-3-2-4-6-10/h2-6,11-13H,7-9,16H2,1H3,(H,19,20). The number of carbonyl (C=O) groups is 2. The molecule has 114 valence electrons. The van der Waals surface area contributed by atoms with Crippen LogP contribution in [0.15, 0.2) is 30.3 Å². The van der Waals surface area contributed by atoms with E-state index in [1.54, 1.807) is 7.05 Å². The van der Waals surface area contributed by atoms with Gasteiger partial charge in [-0.2, -0.15) is 0 Å². The van der Waals surface area contributed by atoms with Gasteiger partial charge in [0, 0.05) is 19.5 Å². The minimum Gasteiger partial charge on any atom is -0.481 e. The lowest BCUT2D eigenvalue weighted by molar-refractivity contribution is -0.144. The van der Waals surface area contributed by atoms with E-state index in [0.29, 0.717) is 0 Å². The van der Waals surface area contributed by atoms with Crippen molar-refractivity contribution in [3.63, 3.8) is 0 Å². The maximum atomic E-state index is 12.3. The Labute approximate surface area is 123 Å². The van der Waals surface area contributed by atoms with Crippen LogP contribution in [-0.4, -0.2) is 48.2 Å². The number of hydrogen-bond acceptors (Lipinski definition) is 4. The Balaban J connectivity index is 1.98. The van der Waals surface area contributed by atoms with Gasteiger partial charge in [-0.25, -0.2) is 0 Å². The molecule has 0 bridgehead atoms. The van der Waals surface area contributed by atoms with Crippen LogP contribution < -0.4 is 5.73 Å². The molecular formula is C15H20N2O4. The molecule has 3 unspecified atom stereocenters. The molecule has 1 amide bonds. The van der Waals surface area contributed by atoms with Crippen LogP contribution in [0.5, 0.6) is 0 Å². The van der Waals surface area contributed by atoms with Gasteiger partial charge in [-0.05, 0) is 5.56 Å². The summed E-state index contributed by atoms with van der Waals surface area (Å²) in [5.74, 6) is -1.79. The number of rotatable bonds is 5. The summed E-state index contributed by atoms with van der Waals surface area (Å²) in [5, 5.41) is 9.13. The molecule has 1 aliphatic heterocycles. The molecule has 0 aromatic heterocycles. The second-order valence-electron chi connectivity index (χ2n) is 5.28. The molecule has 2 rings (SSSR count). The summed E-state index contributed by atoms with van der Waals surface area (Å²) in [4.78, 5) is 24.9. The minimum atomic E-state index is -0.940. The second-order valence-corrected chi connectivity index (χ2v) is 5.28. The first-order chi connectivity index (χ1) is 10.0. The number of benzene rings is 1. The fourth-order valence-corrected chi connectivity index (χ4v) is 2.50. The van der Waals surface area contributed by atoms with Gasteiger partial charge in [-0.3, -0.25) is 9.59 Å². The van der Waals surface area contributed by atoms with Gasteiger partial charge in [0.15, 0.2) is 0 Å². The van der Waals surface area contributed by atoms with Crippen molar-refractivity contribution in [3.05, 3.63) is 35.9 Å². The van der Waals surface area contributed by atoms with Crippen LogP contribution in [0.2, 0.25) is 0 Å². The van der Waals surface area contributed by atoms with E-state index in [9.17, 15) is 9.59 Å². The maximum absolute atomic E-state index is 12.3. The van der Waals surface area contributed by atoms with Crippen molar-refractivity contribution in [2.75, 3.05) is 20.3 Å². The number of hydrogen-bond donors (Lipinski definition) is 2. The number of carboxylic acid groups (broad SMARTS) is 1. The van der Waals surface area contributed by atoms with E-state index in [2.05, 4.69) is 0 Å². The number of amides is 1. The average Bonchev–Trinajstić information content (AvgIpc) is 2.96. The number of carbonyl (C=O) groups excluding carboxylic acids is 1. The van der Waals surface area contributed by atoms with Gasteiger partial charge in [0.25, 0.3) is 0 Å². The normalized spacial score (nSPS) is 22.8. The van der Waals surface area contributed by atoms with Crippen LogP contribution in [0, 0.1) is 5.92 Å². The number of nitrogens with two attached hydrogens (primary N) is 1. The van der Waals surface area contributed by atoms with Gasteiger partial charge < -0.3 is 20.5 Å². The summed E-state index contributed by atoms with van der Waals surface area (Å²) >= 11 is 0. The third-order valence-corrected chi connectivity index (χ3v) is 3.88. The summed E-state index contributed by atoms with van der Waals surface area (Å²) in [6.45, 7) is 0.391. The predicted octanol–water partition coefficient (Wildman–Crippen LogP) is 0.635. The zero-order valence-corrected chi connectivity index (χ0v) is 11.9. The topological polar surface area (TPSA) is 92.9 Å². The molecule has 1 aliphatic rings. The van der Waals surface area contributed by atoms with Crippen molar-refractivity contribution in [1.82, 2.24) is 4.90 Å². The van der Waals surface area contributed by atoms with Crippen LogP contribution >= 0.6 is 0 Å². The summed E-state index contributed by atoms with van der Waals surface area (Å²) in [5.41, 5.74) is 6.92. The molecule has 21 heavy (non-hydrogen) atoms. The monoisotopic (exact) mass is 292 g/mol. The number of ether oxygens (including phenoxy) is 1. The Morgan fingerprint density at radius 1 is 1.38 bits per heavy atom. The first-order valence-electron chi connectivity index (χ1n) is 6.87. The molecule has 0 saturated carbocycles. The van der Waals surface area contributed by atoms with Gasteiger partial charge in [-0.15, -0.1) is 0 Å². The molecular weight excluding hydrogens is 272 g/mol. The lowest BCUT2D eigenvalue weighted by atomic mass is 10.0. The average molecular weight is 292 g/mol. The molecule has 1 saturated heterocycles. The fourth-order valence-electron chi connectivity index (χ4n) is 2.50. The van der Waals surface area contributed by atoms with E-state index in [0.717, 1.165) is 5.56 Å². The van der Waals surface area contributed by atoms with E-state index >= 15 is 0 Å². The number of likely N-dealkylation sites (N-methyl/N-ethyl adjacent to an activating group) is 1. The number of aliphatic carboxylic acids is 1. The van der Waals surface area contributed by atoms with E-state index < -0.39 is 24.0 Å². The molecule has 1 aromatic carbocycles. The molecule has 0 radical (unpaired) electrons. The largest absolute Gasteiger partial charge is 0.481 e. The van der Waals surface area contributed by atoms with Crippen molar-refractivity contribution in [2.24, 2.45) is 11.7 Å². The van der Waals surface area contributed by atoms with Crippen molar-refractivity contribution in [3.8, 4) is 0 Å². The second kappa shape index (κ2) is 6.69. The highest BCUT2D eigenvalue weighted by atomic mass is 16.5. The summed E-state index contributed by atoms with van der Waals surface area (Å²) in [6, 6.07) is 8.54. The third kappa shape index (κ3) is 3.59. The summed E-state index contributed by atoms with van der Waals surface area (Å²) in [6.07, 6.45) is 0.142. The Morgan fingerprint density at radius 2 is 2.05 bits per heavy atom. The fraction of sp³-hybridized carbons (Fsp3) is 0.467. The minimum absolute atomic E-state index is 0.141. The van der Waals surface area contributed by atoms with Crippen LogP contribution in [-0.2, 0) is 14.3 Å². The van der Waals surface area contributed by atoms with Crippen molar-refractivity contribution in [2.45, 2.75) is 18.5 Å². The highest BCUT2D eigenvalue weighted by Gasteiger charge is 2.38. The highest BCUT2D eigenvalue weighted by Crippen LogP contribution is 2.21. The van der Waals surface area contributed by atoms with E-state index in [1.165, 1.54) is 4.90 Å². The molecule has 3 N–H and O–H groups in total. The number of nitrogens with zero attached hydrogens (tertiary/aromatic N) is 1. The maximum Gasteiger partial charge on any atom is 0.311 e. The Hall–Kier alpha value is -1.92. The van der Waals surface area contributed by atoms with E-state index in [1.807, 2.05) is 30.3 Å². The third-order valence-electron chi connectivity index (χ3n) is 3.88. The highest BCUT2D eigenvalue weighted by molar-refractivity contribution is 5.79. The van der Waals surface area contributed by atoms with Gasteiger partial charge in [0.1, 0.15) is 5.92 Å². The number of carboxylic acids is 1. The Bertz CT molecular complexity index is 506. The predicted molar refractivity (Wildman–Crippen MR) is 76.5 cm³/mol. The molecule has 0 spiro atoms. The van der Waals surface area contributed by atoms with Crippen molar-refractivity contribution < 1.29 is 19.4 Å². The van der Waals surface area contributed by atoms with Gasteiger partial charge >= 0.3 is 5.97 Å². The molecule has 0 aliphatic carbocycles. The molecule has 6 nitrogen and oxygen atoms in total. The van der Waals surface area contributed by atoms with Gasteiger partial charge in [-0.1, -0.05) is 30.3 Å².